The number of benzene rings is 1. The minimum absolute atomic E-state index is 0.0513. The zero-order valence-corrected chi connectivity index (χ0v) is 11.7. The van der Waals surface area contributed by atoms with Crippen LogP contribution in [0, 0.1) is 0 Å². The summed E-state index contributed by atoms with van der Waals surface area (Å²) in [5.41, 5.74) is 0. The number of rotatable bonds is 3. The summed E-state index contributed by atoms with van der Waals surface area (Å²) in [7, 11) is -3.51. The molecular formula is C13H13ClN2O2S. The molecule has 1 aliphatic rings. The molecule has 1 saturated carbocycles. The third-order valence-electron chi connectivity index (χ3n) is 3.33. The molecule has 1 aromatic carbocycles. The first-order chi connectivity index (χ1) is 9.06. The van der Waals surface area contributed by atoms with E-state index in [9.17, 15) is 8.42 Å². The fourth-order valence-electron chi connectivity index (χ4n) is 2.25. The third-order valence-corrected chi connectivity index (χ3v) is 5.27. The summed E-state index contributed by atoms with van der Waals surface area (Å²) in [6.07, 6.45) is 4.63. The molecule has 1 aliphatic carbocycles. The standard InChI is InChI=1S/C13H13ClN2O2S/c14-10-6-11(7-10)16-19(17,18)13-3-1-2-9-8-15-5-4-12(9)13/h1-5,8,10-11,16H,6-7H2. The molecule has 1 fully saturated rings. The van der Waals surface area contributed by atoms with Crippen LogP contribution in [-0.4, -0.2) is 24.8 Å². The molecule has 1 aromatic heterocycles. The number of hydrogen-bond donors (Lipinski definition) is 1. The lowest BCUT2D eigenvalue weighted by Crippen LogP contribution is -2.44. The second-order valence-electron chi connectivity index (χ2n) is 4.74. The van der Waals surface area contributed by atoms with Gasteiger partial charge in [0, 0.05) is 34.6 Å². The Labute approximate surface area is 116 Å². The van der Waals surface area contributed by atoms with Gasteiger partial charge in [-0.15, -0.1) is 11.6 Å². The van der Waals surface area contributed by atoms with Gasteiger partial charge in [-0.05, 0) is 25.0 Å². The lowest BCUT2D eigenvalue weighted by molar-refractivity contribution is 0.391. The van der Waals surface area contributed by atoms with Crippen LogP contribution < -0.4 is 4.72 Å². The zero-order valence-electron chi connectivity index (χ0n) is 10.1. The summed E-state index contributed by atoms with van der Waals surface area (Å²) < 4.78 is 27.5. The molecule has 19 heavy (non-hydrogen) atoms. The fourth-order valence-corrected chi connectivity index (χ4v) is 4.18. The van der Waals surface area contributed by atoms with E-state index in [1.807, 2.05) is 6.07 Å². The Kier molecular flexibility index (Phi) is 3.20. The van der Waals surface area contributed by atoms with E-state index in [2.05, 4.69) is 9.71 Å². The van der Waals surface area contributed by atoms with E-state index in [0.29, 0.717) is 23.1 Å². The fraction of sp³-hybridized carbons (Fsp3) is 0.308. The summed E-state index contributed by atoms with van der Waals surface area (Å²) >= 11 is 5.87. The van der Waals surface area contributed by atoms with E-state index < -0.39 is 10.0 Å². The number of hydrogen-bond acceptors (Lipinski definition) is 3. The molecule has 4 nitrogen and oxygen atoms in total. The zero-order chi connectivity index (χ0) is 13.5. The quantitative estimate of drug-likeness (QED) is 0.884. The van der Waals surface area contributed by atoms with Gasteiger partial charge in [0.05, 0.1) is 4.90 Å². The molecule has 1 heterocycles. The molecule has 0 unspecified atom stereocenters. The monoisotopic (exact) mass is 296 g/mol. The van der Waals surface area contributed by atoms with Crippen molar-refractivity contribution < 1.29 is 8.42 Å². The van der Waals surface area contributed by atoms with Gasteiger partial charge >= 0.3 is 0 Å². The van der Waals surface area contributed by atoms with Crippen molar-refractivity contribution >= 4 is 32.4 Å². The van der Waals surface area contributed by atoms with Crippen molar-refractivity contribution in [3.05, 3.63) is 36.7 Å². The van der Waals surface area contributed by atoms with Crippen molar-refractivity contribution in [2.45, 2.75) is 29.2 Å². The molecule has 0 aliphatic heterocycles. The molecule has 6 heteroatoms. The number of nitrogens with zero attached hydrogens (tertiary/aromatic N) is 1. The second-order valence-corrected chi connectivity index (χ2v) is 7.04. The third kappa shape index (κ3) is 2.45. The van der Waals surface area contributed by atoms with Gasteiger partial charge in [-0.2, -0.15) is 0 Å². The molecule has 0 atom stereocenters. The molecule has 100 valence electrons. The summed E-state index contributed by atoms with van der Waals surface area (Å²) in [5.74, 6) is 0. The first-order valence-electron chi connectivity index (χ1n) is 6.05. The number of halogens is 1. The van der Waals surface area contributed by atoms with E-state index in [4.69, 9.17) is 11.6 Å². The Balaban J connectivity index is 1.99. The molecule has 0 spiro atoms. The van der Waals surface area contributed by atoms with Gasteiger partial charge in [0.1, 0.15) is 0 Å². The highest BCUT2D eigenvalue weighted by atomic mass is 35.5. The molecule has 3 rings (SSSR count). The predicted molar refractivity (Wildman–Crippen MR) is 74.7 cm³/mol. The van der Waals surface area contributed by atoms with Crippen molar-refractivity contribution in [1.29, 1.82) is 0 Å². The maximum atomic E-state index is 12.4. The van der Waals surface area contributed by atoms with E-state index in [0.717, 1.165) is 5.39 Å². The highest BCUT2D eigenvalue weighted by Gasteiger charge is 2.31. The van der Waals surface area contributed by atoms with Gasteiger partial charge in [0.25, 0.3) is 0 Å². The molecule has 2 aromatic rings. The lowest BCUT2D eigenvalue weighted by atomic mass is 9.94. The smallest absolute Gasteiger partial charge is 0.241 e. The second kappa shape index (κ2) is 4.74. The van der Waals surface area contributed by atoms with Crippen LogP contribution in [0.25, 0.3) is 10.8 Å². The average Bonchev–Trinajstić information content (AvgIpc) is 2.36. The first-order valence-corrected chi connectivity index (χ1v) is 7.97. The Morgan fingerprint density at radius 3 is 2.79 bits per heavy atom. The maximum absolute atomic E-state index is 12.4. The van der Waals surface area contributed by atoms with E-state index in [1.54, 1.807) is 30.6 Å². The molecule has 0 saturated heterocycles. The molecule has 1 N–H and O–H groups in total. The number of fused-ring (bicyclic) bond motifs is 1. The van der Waals surface area contributed by atoms with Gasteiger partial charge in [-0.3, -0.25) is 4.98 Å². The van der Waals surface area contributed by atoms with Crippen LogP contribution in [0.5, 0.6) is 0 Å². The van der Waals surface area contributed by atoms with E-state index in [1.165, 1.54) is 0 Å². The number of alkyl halides is 1. The predicted octanol–water partition coefficient (Wildman–Crippen LogP) is 2.28. The van der Waals surface area contributed by atoms with E-state index >= 15 is 0 Å². The number of pyridine rings is 1. The van der Waals surface area contributed by atoms with Crippen LogP contribution in [0.2, 0.25) is 0 Å². The van der Waals surface area contributed by atoms with Gasteiger partial charge in [-0.1, -0.05) is 12.1 Å². The van der Waals surface area contributed by atoms with Crippen LogP contribution in [-0.2, 0) is 10.0 Å². The molecular weight excluding hydrogens is 284 g/mol. The van der Waals surface area contributed by atoms with Crippen molar-refractivity contribution in [3.63, 3.8) is 0 Å². The van der Waals surface area contributed by atoms with Crippen LogP contribution in [0.1, 0.15) is 12.8 Å². The Hall–Kier alpha value is -1.17. The van der Waals surface area contributed by atoms with Crippen LogP contribution >= 0.6 is 11.6 Å². The van der Waals surface area contributed by atoms with Crippen molar-refractivity contribution in [3.8, 4) is 0 Å². The first kappa shape index (κ1) is 12.8. The topological polar surface area (TPSA) is 59.1 Å². The van der Waals surface area contributed by atoms with Gasteiger partial charge in [-0.25, -0.2) is 13.1 Å². The minimum atomic E-state index is -3.51. The Morgan fingerprint density at radius 1 is 1.26 bits per heavy atom. The maximum Gasteiger partial charge on any atom is 0.241 e. The summed E-state index contributed by atoms with van der Waals surface area (Å²) in [6, 6.07) is 6.85. The highest BCUT2D eigenvalue weighted by Crippen LogP contribution is 2.28. The van der Waals surface area contributed by atoms with Crippen LogP contribution in [0.3, 0.4) is 0 Å². The summed E-state index contributed by atoms with van der Waals surface area (Å²) in [4.78, 5) is 4.30. The number of sulfonamides is 1. The largest absolute Gasteiger partial charge is 0.264 e. The normalized spacial score (nSPS) is 23.2. The van der Waals surface area contributed by atoms with Crippen LogP contribution in [0.4, 0.5) is 0 Å². The highest BCUT2D eigenvalue weighted by molar-refractivity contribution is 7.89. The number of aromatic nitrogens is 1. The van der Waals surface area contributed by atoms with Crippen molar-refractivity contribution in [2.75, 3.05) is 0 Å². The van der Waals surface area contributed by atoms with Gasteiger partial charge in [0.15, 0.2) is 0 Å². The Bertz CT molecular complexity index is 706. The van der Waals surface area contributed by atoms with E-state index in [-0.39, 0.29) is 11.4 Å². The summed E-state index contributed by atoms with van der Waals surface area (Å²) in [5, 5.41) is 1.59. The van der Waals surface area contributed by atoms with Crippen molar-refractivity contribution in [1.82, 2.24) is 9.71 Å². The lowest BCUT2D eigenvalue weighted by Gasteiger charge is -2.31. The molecule has 0 bridgehead atoms. The SMILES string of the molecule is O=S(=O)(NC1CC(Cl)C1)c1cccc2cnccc12. The molecule has 0 amide bonds. The minimum Gasteiger partial charge on any atom is -0.264 e. The van der Waals surface area contributed by atoms with Gasteiger partial charge in [0.2, 0.25) is 10.0 Å². The number of nitrogens with one attached hydrogen (secondary N) is 1. The Morgan fingerprint density at radius 2 is 2.05 bits per heavy atom. The van der Waals surface area contributed by atoms with Gasteiger partial charge < -0.3 is 0 Å². The average molecular weight is 297 g/mol. The van der Waals surface area contributed by atoms with Crippen LogP contribution in [0.15, 0.2) is 41.6 Å². The molecule has 0 radical (unpaired) electrons. The summed E-state index contributed by atoms with van der Waals surface area (Å²) in [6.45, 7) is 0. The van der Waals surface area contributed by atoms with Crippen molar-refractivity contribution in [2.24, 2.45) is 0 Å².